The molecule has 0 bridgehead atoms. The zero-order chi connectivity index (χ0) is 10.8. The van der Waals surface area contributed by atoms with E-state index < -0.39 is 0 Å². The fourth-order valence-corrected chi connectivity index (χ4v) is 1.62. The molecule has 0 spiro atoms. The van der Waals surface area contributed by atoms with Gasteiger partial charge in [-0.2, -0.15) is 0 Å². The summed E-state index contributed by atoms with van der Waals surface area (Å²) in [7, 11) is 0. The van der Waals surface area contributed by atoms with Crippen molar-refractivity contribution in [2.24, 2.45) is 0 Å². The fourth-order valence-electron chi connectivity index (χ4n) is 1.62. The smallest absolute Gasteiger partial charge is 0.221 e. The van der Waals surface area contributed by atoms with E-state index in [2.05, 4.69) is 4.90 Å². The molecule has 0 amide bonds. The second kappa shape index (κ2) is 3.82. The molecule has 6 nitrogen and oxygen atoms in total. The van der Waals surface area contributed by atoms with Gasteiger partial charge in [-0.3, -0.25) is 0 Å². The third-order valence-electron chi connectivity index (χ3n) is 2.44. The molecule has 82 valence electrons. The molecule has 0 atom stereocenters. The minimum absolute atomic E-state index is 0.122. The molecule has 6 heteroatoms. The van der Waals surface area contributed by atoms with Crippen molar-refractivity contribution in [2.45, 2.75) is 0 Å². The number of morpholine rings is 1. The standard InChI is InChI=1S/C9H14N4O2/c10-8-5-7(6-9(11)13(8)14)12-1-3-15-4-2-12/h5-6H,1-4,10-11H2. The van der Waals surface area contributed by atoms with E-state index in [-0.39, 0.29) is 11.6 Å². The monoisotopic (exact) mass is 210 g/mol. The topological polar surface area (TPSA) is 91.4 Å². The highest BCUT2D eigenvalue weighted by Gasteiger charge is 2.14. The summed E-state index contributed by atoms with van der Waals surface area (Å²) < 4.78 is 5.75. The Morgan fingerprint density at radius 1 is 1.20 bits per heavy atom. The Labute approximate surface area is 87.6 Å². The molecule has 15 heavy (non-hydrogen) atoms. The van der Waals surface area contributed by atoms with Gasteiger partial charge in [-0.05, 0) is 0 Å². The zero-order valence-electron chi connectivity index (χ0n) is 8.35. The Morgan fingerprint density at radius 2 is 1.73 bits per heavy atom. The Bertz CT molecular complexity index is 340. The van der Waals surface area contributed by atoms with Crippen molar-refractivity contribution in [3.63, 3.8) is 0 Å². The summed E-state index contributed by atoms with van der Waals surface area (Å²) in [6.45, 7) is 2.96. The van der Waals surface area contributed by atoms with Gasteiger partial charge >= 0.3 is 0 Å². The highest BCUT2D eigenvalue weighted by Crippen LogP contribution is 2.18. The Morgan fingerprint density at radius 3 is 2.27 bits per heavy atom. The molecule has 0 unspecified atom stereocenters. The van der Waals surface area contributed by atoms with Crippen molar-refractivity contribution < 1.29 is 9.47 Å². The SMILES string of the molecule is Nc1cc(N2CCOCC2)cc(N)[n+]1[O-]. The fraction of sp³-hybridized carbons (Fsp3) is 0.444. The quantitative estimate of drug-likeness (QED) is 0.473. The predicted octanol–water partition coefficient (Wildman–Crippen LogP) is -0.679. The van der Waals surface area contributed by atoms with Gasteiger partial charge in [0.05, 0.1) is 13.2 Å². The molecule has 1 aromatic rings. The molecule has 2 rings (SSSR count). The minimum atomic E-state index is 0.122. The molecule has 0 radical (unpaired) electrons. The lowest BCUT2D eigenvalue weighted by Gasteiger charge is -2.29. The largest absolute Gasteiger partial charge is 0.740 e. The molecule has 0 aromatic carbocycles. The number of nitrogens with two attached hydrogens (primary N) is 2. The lowest BCUT2D eigenvalue weighted by atomic mass is 10.3. The molecule has 1 saturated heterocycles. The van der Waals surface area contributed by atoms with E-state index in [1.807, 2.05) is 0 Å². The van der Waals surface area contributed by atoms with Crippen LogP contribution in [0.25, 0.3) is 0 Å². The van der Waals surface area contributed by atoms with Crippen LogP contribution in [0.1, 0.15) is 0 Å². The first kappa shape index (κ1) is 9.85. The number of ether oxygens (including phenoxy) is 1. The average Bonchev–Trinajstić information content (AvgIpc) is 2.26. The van der Waals surface area contributed by atoms with Gasteiger partial charge in [0.1, 0.15) is 0 Å². The maximum Gasteiger partial charge on any atom is 0.221 e. The summed E-state index contributed by atoms with van der Waals surface area (Å²) in [5.74, 6) is 0.244. The van der Waals surface area contributed by atoms with Crippen LogP contribution in [-0.4, -0.2) is 26.3 Å². The number of nitrogens with zero attached hydrogens (tertiary/aromatic N) is 2. The van der Waals surface area contributed by atoms with E-state index in [9.17, 15) is 5.21 Å². The molecule has 1 fully saturated rings. The van der Waals surface area contributed by atoms with Gasteiger partial charge in [0.2, 0.25) is 11.6 Å². The Kier molecular flexibility index (Phi) is 2.51. The van der Waals surface area contributed by atoms with Gasteiger partial charge in [0.15, 0.2) is 0 Å². The molecular formula is C9H14N4O2. The van der Waals surface area contributed by atoms with Crippen LogP contribution in [0.3, 0.4) is 0 Å². The van der Waals surface area contributed by atoms with Gasteiger partial charge in [0, 0.05) is 30.9 Å². The number of hydrogen-bond donors (Lipinski definition) is 2. The number of aromatic nitrogens is 1. The predicted molar refractivity (Wildman–Crippen MR) is 57.3 cm³/mol. The van der Waals surface area contributed by atoms with E-state index >= 15 is 0 Å². The van der Waals surface area contributed by atoms with Crippen molar-refractivity contribution >= 4 is 17.3 Å². The van der Waals surface area contributed by atoms with Crippen LogP contribution in [0.15, 0.2) is 12.1 Å². The second-order valence-electron chi connectivity index (χ2n) is 3.46. The Hall–Kier alpha value is -1.69. The van der Waals surface area contributed by atoms with E-state index in [4.69, 9.17) is 16.2 Å². The van der Waals surface area contributed by atoms with Gasteiger partial charge in [0.25, 0.3) is 0 Å². The molecule has 2 heterocycles. The summed E-state index contributed by atoms with van der Waals surface area (Å²) in [6, 6.07) is 3.27. The second-order valence-corrected chi connectivity index (χ2v) is 3.46. The lowest BCUT2D eigenvalue weighted by Crippen LogP contribution is -2.39. The molecule has 0 aliphatic carbocycles. The van der Waals surface area contributed by atoms with E-state index in [0.29, 0.717) is 17.9 Å². The van der Waals surface area contributed by atoms with Crippen molar-refractivity contribution in [3.8, 4) is 0 Å². The zero-order valence-corrected chi connectivity index (χ0v) is 8.35. The van der Waals surface area contributed by atoms with Crippen LogP contribution >= 0.6 is 0 Å². The summed E-state index contributed by atoms with van der Waals surface area (Å²) >= 11 is 0. The van der Waals surface area contributed by atoms with E-state index in [1.165, 1.54) is 0 Å². The normalized spacial score (nSPS) is 16.7. The summed E-state index contributed by atoms with van der Waals surface area (Å²) in [4.78, 5) is 2.09. The maximum atomic E-state index is 11.2. The van der Waals surface area contributed by atoms with Crippen molar-refractivity contribution in [3.05, 3.63) is 17.3 Å². The van der Waals surface area contributed by atoms with E-state index in [1.54, 1.807) is 12.1 Å². The maximum absolute atomic E-state index is 11.2. The van der Waals surface area contributed by atoms with Crippen LogP contribution < -0.4 is 21.1 Å². The molecule has 1 aliphatic heterocycles. The molecule has 0 saturated carbocycles. The van der Waals surface area contributed by atoms with Crippen LogP contribution in [0.2, 0.25) is 0 Å². The summed E-state index contributed by atoms with van der Waals surface area (Å²) in [6.07, 6.45) is 0. The summed E-state index contributed by atoms with van der Waals surface area (Å²) in [5, 5.41) is 11.2. The first-order valence-electron chi connectivity index (χ1n) is 4.80. The number of nitrogen functional groups attached to an aromatic ring is 2. The van der Waals surface area contributed by atoms with Gasteiger partial charge < -0.3 is 26.3 Å². The Balaban J connectivity index is 2.27. The number of anilines is 3. The van der Waals surface area contributed by atoms with E-state index in [0.717, 1.165) is 18.8 Å². The lowest BCUT2D eigenvalue weighted by molar-refractivity contribution is -0.574. The number of pyridine rings is 1. The van der Waals surface area contributed by atoms with Crippen molar-refractivity contribution in [1.82, 2.24) is 0 Å². The van der Waals surface area contributed by atoms with Crippen LogP contribution in [0.4, 0.5) is 17.3 Å². The van der Waals surface area contributed by atoms with Gasteiger partial charge in [-0.15, -0.1) is 0 Å². The minimum Gasteiger partial charge on any atom is -0.740 e. The third-order valence-corrected chi connectivity index (χ3v) is 2.44. The van der Waals surface area contributed by atoms with Crippen molar-refractivity contribution in [1.29, 1.82) is 0 Å². The molecule has 1 aliphatic rings. The summed E-state index contributed by atoms with van der Waals surface area (Å²) in [5.41, 5.74) is 12.0. The molecular weight excluding hydrogens is 196 g/mol. The van der Waals surface area contributed by atoms with Gasteiger partial charge in [-0.1, -0.05) is 0 Å². The van der Waals surface area contributed by atoms with Crippen molar-refractivity contribution in [2.75, 3.05) is 42.7 Å². The van der Waals surface area contributed by atoms with Crippen LogP contribution in [0, 0.1) is 5.21 Å². The highest BCUT2D eigenvalue weighted by atomic mass is 16.5. The first-order valence-corrected chi connectivity index (χ1v) is 4.80. The average molecular weight is 210 g/mol. The number of hydrogen-bond acceptors (Lipinski definition) is 5. The van der Waals surface area contributed by atoms with Crippen LogP contribution in [0.5, 0.6) is 0 Å². The third kappa shape index (κ3) is 1.89. The highest BCUT2D eigenvalue weighted by molar-refractivity contribution is 5.55. The molecule has 1 aromatic heterocycles. The number of rotatable bonds is 1. The molecule has 4 N–H and O–H groups in total. The van der Waals surface area contributed by atoms with Crippen LogP contribution in [-0.2, 0) is 4.74 Å². The first-order chi connectivity index (χ1) is 7.18. The van der Waals surface area contributed by atoms with Gasteiger partial charge in [-0.25, -0.2) is 4.73 Å².